The number of hydrogen-bond donors (Lipinski definition) is 1. The lowest BCUT2D eigenvalue weighted by Gasteiger charge is -2.38. The van der Waals surface area contributed by atoms with Crippen LogP contribution >= 0.6 is 0 Å². The lowest BCUT2D eigenvalue weighted by Crippen LogP contribution is -2.57. The summed E-state index contributed by atoms with van der Waals surface area (Å²) in [5.41, 5.74) is 0.219. The number of nitrogens with one attached hydrogen (secondary N) is 1. The number of nitrogens with zero attached hydrogens (tertiary/aromatic N) is 1. The fraction of sp³-hybridized carbons (Fsp3) is 0.294. The first kappa shape index (κ1) is 15.9. The van der Waals surface area contributed by atoms with Gasteiger partial charge in [0.25, 0.3) is 0 Å². The van der Waals surface area contributed by atoms with Gasteiger partial charge in [0.2, 0.25) is 0 Å². The first-order chi connectivity index (χ1) is 11.5. The summed E-state index contributed by atoms with van der Waals surface area (Å²) in [5, 5.41) is 2.81. The second-order valence-electron chi connectivity index (χ2n) is 5.53. The molecular formula is C17H18N2O5. The van der Waals surface area contributed by atoms with E-state index in [0.29, 0.717) is 36.0 Å². The fourth-order valence-corrected chi connectivity index (χ4v) is 2.42. The molecule has 7 heteroatoms. The number of methoxy groups -OCH3 is 1. The highest BCUT2D eigenvalue weighted by Gasteiger charge is 2.32. The predicted octanol–water partition coefficient (Wildman–Crippen LogP) is 2.25. The zero-order valence-corrected chi connectivity index (χ0v) is 13.4. The number of rotatable bonds is 4. The van der Waals surface area contributed by atoms with Crippen molar-refractivity contribution in [1.82, 2.24) is 4.90 Å². The van der Waals surface area contributed by atoms with Crippen LogP contribution < -0.4 is 20.4 Å². The molecule has 2 heterocycles. The molecule has 0 saturated carbocycles. The van der Waals surface area contributed by atoms with Gasteiger partial charge in [-0.2, -0.15) is 0 Å². The summed E-state index contributed by atoms with van der Waals surface area (Å²) in [6.07, 6.45) is -0.137. The molecule has 1 saturated heterocycles. The first-order valence-corrected chi connectivity index (χ1v) is 7.52. The SMILES string of the molecule is COc1cccc(NC(=O)N2CC(Oc3cc(C)oc(=O)c3)C2)c1. The second kappa shape index (κ2) is 6.66. The normalized spacial score (nSPS) is 14.0. The van der Waals surface area contributed by atoms with Crippen LogP contribution in [0.15, 0.2) is 45.6 Å². The molecule has 0 spiro atoms. The van der Waals surface area contributed by atoms with Crippen molar-refractivity contribution in [2.75, 3.05) is 25.5 Å². The monoisotopic (exact) mass is 330 g/mol. The lowest BCUT2D eigenvalue weighted by molar-refractivity contribution is 0.0487. The number of urea groups is 1. The van der Waals surface area contributed by atoms with Gasteiger partial charge in [-0.05, 0) is 19.1 Å². The van der Waals surface area contributed by atoms with Crippen LogP contribution in [-0.4, -0.2) is 37.2 Å². The summed E-state index contributed by atoms with van der Waals surface area (Å²) in [6, 6.07) is 9.90. The van der Waals surface area contributed by atoms with Crippen LogP contribution in [-0.2, 0) is 0 Å². The van der Waals surface area contributed by atoms with Crippen LogP contribution in [0.1, 0.15) is 5.76 Å². The summed E-state index contributed by atoms with van der Waals surface area (Å²) < 4.78 is 15.7. The molecule has 7 nitrogen and oxygen atoms in total. The molecular weight excluding hydrogens is 312 g/mol. The van der Waals surface area contributed by atoms with Gasteiger partial charge in [0.05, 0.1) is 26.3 Å². The Hall–Kier alpha value is -2.96. The number of amides is 2. The van der Waals surface area contributed by atoms with E-state index in [1.807, 2.05) is 6.07 Å². The summed E-state index contributed by atoms with van der Waals surface area (Å²) in [5.74, 6) is 1.63. The van der Waals surface area contributed by atoms with Crippen LogP contribution in [0.3, 0.4) is 0 Å². The number of aryl methyl sites for hydroxylation is 1. The summed E-state index contributed by atoms with van der Waals surface area (Å²) in [7, 11) is 1.57. The third-order valence-corrected chi connectivity index (χ3v) is 3.63. The third-order valence-electron chi connectivity index (χ3n) is 3.63. The topological polar surface area (TPSA) is 81.0 Å². The van der Waals surface area contributed by atoms with E-state index in [0.717, 1.165) is 0 Å². The highest BCUT2D eigenvalue weighted by molar-refractivity contribution is 5.90. The Morgan fingerprint density at radius 2 is 2.04 bits per heavy atom. The van der Waals surface area contributed by atoms with Gasteiger partial charge in [-0.1, -0.05) is 6.07 Å². The molecule has 1 aromatic carbocycles. The zero-order chi connectivity index (χ0) is 17.1. The summed E-state index contributed by atoms with van der Waals surface area (Å²) in [4.78, 5) is 25.1. The third kappa shape index (κ3) is 3.68. The number of benzene rings is 1. The molecule has 0 atom stereocenters. The van der Waals surface area contributed by atoms with E-state index in [-0.39, 0.29) is 12.1 Å². The Morgan fingerprint density at radius 3 is 2.75 bits per heavy atom. The maximum absolute atomic E-state index is 12.2. The van der Waals surface area contributed by atoms with Gasteiger partial charge in [-0.3, -0.25) is 0 Å². The molecule has 0 bridgehead atoms. The van der Waals surface area contributed by atoms with Crippen molar-refractivity contribution in [3.63, 3.8) is 0 Å². The van der Waals surface area contributed by atoms with E-state index in [4.69, 9.17) is 13.9 Å². The van der Waals surface area contributed by atoms with E-state index < -0.39 is 5.63 Å². The standard InChI is InChI=1S/C17H18N2O5/c1-11-6-14(8-16(20)23-11)24-15-9-19(10-15)17(21)18-12-4-3-5-13(7-12)22-2/h3-8,15H,9-10H2,1-2H3,(H,18,21). The number of carbonyl (C=O) groups is 1. The molecule has 24 heavy (non-hydrogen) atoms. The molecule has 2 aromatic rings. The van der Waals surface area contributed by atoms with Gasteiger partial charge in [-0.25, -0.2) is 9.59 Å². The van der Waals surface area contributed by atoms with Crippen LogP contribution in [0.4, 0.5) is 10.5 Å². The highest BCUT2D eigenvalue weighted by atomic mass is 16.5. The molecule has 0 unspecified atom stereocenters. The predicted molar refractivity (Wildman–Crippen MR) is 87.7 cm³/mol. The van der Waals surface area contributed by atoms with Crippen molar-refractivity contribution in [1.29, 1.82) is 0 Å². The molecule has 3 rings (SSSR count). The van der Waals surface area contributed by atoms with Crippen molar-refractivity contribution >= 4 is 11.7 Å². The molecule has 1 fully saturated rings. The van der Waals surface area contributed by atoms with Crippen LogP contribution in [0.5, 0.6) is 11.5 Å². The van der Waals surface area contributed by atoms with Crippen molar-refractivity contribution in [3.8, 4) is 11.5 Å². The highest BCUT2D eigenvalue weighted by Crippen LogP contribution is 2.20. The largest absolute Gasteiger partial charge is 0.497 e. The lowest BCUT2D eigenvalue weighted by atomic mass is 10.2. The Morgan fingerprint density at radius 1 is 1.25 bits per heavy atom. The Bertz CT molecular complexity index is 796. The van der Waals surface area contributed by atoms with Gasteiger partial charge in [0.15, 0.2) is 0 Å². The van der Waals surface area contributed by atoms with Gasteiger partial charge < -0.3 is 24.1 Å². The average molecular weight is 330 g/mol. The molecule has 1 aliphatic heterocycles. The molecule has 2 amide bonds. The molecule has 1 aliphatic rings. The minimum atomic E-state index is -0.447. The number of carbonyl (C=O) groups excluding carboxylic acids is 1. The van der Waals surface area contributed by atoms with Crippen molar-refractivity contribution < 1.29 is 18.7 Å². The molecule has 1 N–H and O–H groups in total. The molecule has 126 valence electrons. The first-order valence-electron chi connectivity index (χ1n) is 7.52. The van der Waals surface area contributed by atoms with Crippen LogP contribution in [0.25, 0.3) is 0 Å². The number of likely N-dealkylation sites (tertiary alicyclic amines) is 1. The van der Waals surface area contributed by atoms with E-state index in [1.54, 1.807) is 43.2 Å². The average Bonchev–Trinajstić information content (AvgIpc) is 2.49. The molecule has 0 radical (unpaired) electrons. The summed E-state index contributed by atoms with van der Waals surface area (Å²) in [6.45, 7) is 2.59. The Labute approximate surface area is 138 Å². The minimum absolute atomic E-state index is 0.137. The minimum Gasteiger partial charge on any atom is -0.497 e. The van der Waals surface area contributed by atoms with Gasteiger partial charge in [-0.15, -0.1) is 0 Å². The smallest absolute Gasteiger partial charge is 0.339 e. The maximum atomic E-state index is 12.2. The Balaban J connectivity index is 1.52. The zero-order valence-electron chi connectivity index (χ0n) is 13.4. The fourth-order valence-electron chi connectivity index (χ4n) is 2.42. The van der Waals surface area contributed by atoms with E-state index in [2.05, 4.69) is 5.32 Å². The molecule has 1 aromatic heterocycles. The van der Waals surface area contributed by atoms with Crippen molar-refractivity contribution in [2.24, 2.45) is 0 Å². The maximum Gasteiger partial charge on any atom is 0.339 e. The van der Waals surface area contributed by atoms with Crippen molar-refractivity contribution in [2.45, 2.75) is 13.0 Å². The van der Waals surface area contributed by atoms with Crippen molar-refractivity contribution in [3.05, 3.63) is 52.6 Å². The Kier molecular flexibility index (Phi) is 4.41. The van der Waals surface area contributed by atoms with Gasteiger partial charge in [0, 0.05) is 17.8 Å². The second-order valence-corrected chi connectivity index (χ2v) is 5.53. The quantitative estimate of drug-likeness (QED) is 0.930. The van der Waals surface area contributed by atoms with Gasteiger partial charge >= 0.3 is 11.7 Å². The van der Waals surface area contributed by atoms with Gasteiger partial charge in [0.1, 0.15) is 23.4 Å². The summed E-state index contributed by atoms with van der Waals surface area (Å²) >= 11 is 0. The number of ether oxygens (including phenoxy) is 2. The van der Waals surface area contributed by atoms with E-state index in [1.165, 1.54) is 6.07 Å². The van der Waals surface area contributed by atoms with Crippen LogP contribution in [0, 0.1) is 6.92 Å². The number of anilines is 1. The van der Waals surface area contributed by atoms with E-state index >= 15 is 0 Å². The number of hydrogen-bond acceptors (Lipinski definition) is 5. The molecule has 0 aliphatic carbocycles. The van der Waals surface area contributed by atoms with E-state index in [9.17, 15) is 9.59 Å². The van der Waals surface area contributed by atoms with Crippen LogP contribution in [0.2, 0.25) is 0 Å².